The topological polar surface area (TPSA) is 70.2 Å². The van der Waals surface area contributed by atoms with Crippen LogP contribution in [0.5, 0.6) is 0 Å². The molecule has 2 aromatic heterocycles. The molecule has 0 radical (unpaired) electrons. The summed E-state index contributed by atoms with van der Waals surface area (Å²) in [5.74, 6) is 0.235. The van der Waals surface area contributed by atoms with Crippen molar-refractivity contribution >= 4 is 39.4 Å². The van der Waals surface area contributed by atoms with E-state index in [-0.39, 0.29) is 5.91 Å². The molecule has 0 unspecified atom stereocenters. The number of hydrogen-bond donors (Lipinski definition) is 2. The van der Waals surface area contributed by atoms with Gasteiger partial charge in [-0.1, -0.05) is 32.0 Å². The van der Waals surface area contributed by atoms with Gasteiger partial charge in [-0.3, -0.25) is 4.79 Å². The second-order valence-electron chi connectivity index (χ2n) is 6.36. The number of anilines is 4. The van der Waals surface area contributed by atoms with E-state index < -0.39 is 0 Å². The minimum Gasteiger partial charge on any atom is -0.370 e. The van der Waals surface area contributed by atoms with Gasteiger partial charge in [0.25, 0.3) is 5.91 Å². The quantitative estimate of drug-likeness (QED) is 0.524. The molecule has 0 atom stereocenters. The summed E-state index contributed by atoms with van der Waals surface area (Å²) in [6, 6.07) is 13.5. The fraction of sp³-hybridized carbons (Fsp3) is 0.286. The molecule has 0 saturated carbocycles. The van der Waals surface area contributed by atoms with Crippen molar-refractivity contribution in [2.24, 2.45) is 0 Å². The molecule has 2 N–H and O–H groups in total. The maximum absolute atomic E-state index is 12.7. The molecular formula is C21H25N5OS. The van der Waals surface area contributed by atoms with Gasteiger partial charge in [-0.25, -0.2) is 9.97 Å². The number of carbonyl (C=O) groups excluding carboxylic acids is 1. The third kappa shape index (κ3) is 5.07. The first-order valence-electron chi connectivity index (χ1n) is 9.49. The predicted octanol–water partition coefficient (Wildman–Crippen LogP) is 5.16. The maximum atomic E-state index is 12.7. The number of rotatable bonds is 9. The molecule has 0 saturated heterocycles. The summed E-state index contributed by atoms with van der Waals surface area (Å²) in [6.45, 7) is 6.32. The van der Waals surface area contributed by atoms with Crippen LogP contribution in [0.3, 0.4) is 0 Å². The van der Waals surface area contributed by atoms with Crippen LogP contribution in [0, 0.1) is 0 Å². The molecule has 1 aromatic carbocycles. The molecule has 2 heterocycles. The Balaban J connectivity index is 1.68. The molecular weight excluding hydrogens is 370 g/mol. The summed E-state index contributed by atoms with van der Waals surface area (Å²) in [7, 11) is 0. The predicted molar refractivity (Wildman–Crippen MR) is 117 cm³/mol. The van der Waals surface area contributed by atoms with Gasteiger partial charge in [-0.05, 0) is 37.1 Å². The van der Waals surface area contributed by atoms with Gasteiger partial charge >= 0.3 is 0 Å². The Labute approximate surface area is 169 Å². The van der Waals surface area contributed by atoms with Crippen LogP contribution in [0.1, 0.15) is 37.2 Å². The number of carbonyl (C=O) groups is 1. The Hall–Kier alpha value is -2.93. The lowest BCUT2D eigenvalue weighted by Crippen LogP contribution is -2.25. The summed E-state index contributed by atoms with van der Waals surface area (Å²) in [5, 5.41) is 6.78. The van der Waals surface area contributed by atoms with Gasteiger partial charge in [0.05, 0.1) is 17.4 Å². The largest absolute Gasteiger partial charge is 0.370 e. The number of aromatic nitrogens is 2. The molecule has 0 fully saturated rings. The van der Waals surface area contributed by atoms with Gasteiger partial charge in [0.2, 0.25) is 0 Å². The molecule has 3 aromatic rings. The van der Waals surface area contributed by atoms with Crippen molar-refractivity contribution in [1.29, 1.82) is 0 Å². The van der Waals surface area contributed by atoms with Crippen molar-refractivity contribution in [2.75, 3.05) is 28.6 Å². The van der Waals surface area contributed by atoms with Crippen LogP contribution < -0.4 is 15.5 Å². The van der Waals surface area contributed by atoms with Crippen LogP contribution in [0.4, 0.5) is 22.2 Å². The summed E-state index contributed by atoms with van der Waals surface area (Å²) >= 11 is 1.39. The highest BCUT2D eigenvalue weighted by Gasteiger charge is 2.16. The average molecular weight is 396 g/mol. The number of pyridine rings is 1. The van der Waals surface area contributed by atoms with Gasteiger partial charge in [0.15, 0.2) is 5.69 Å². The number of thiazole rings is 1. The van der Waals surface area contributed by atoms with E-state index in [1.165, 1.54) is 11.3 Å². The molecule has 1 amide bonds. The highest BCUT2D eigenvalue weighted by Crippen LogP contribution is 2.25. The Morgan fingerprint density at radius 1 is 1.04 bits per heavy atom. The zero-order valence-corrected chi connectivity index (χ0v) is 17.0. The molecule has 0 spiro atoms. The summed E-state index contributed by atoms with van der Waals surface area (Å²) < 4.78 is 0. The van der Waals surface area contributed by atoms with E-state index in [9.17, 15) is 4.79 Å². The summed E-state index contributed by atoms with van der Waals surface area (Å²) in [4.78, 5) is 23.6. The SMILES string of the molecule is CCCN(CCC)c1ccc(NC(=O)c2ncsc2Nc2ccccc2)nc1. The van der Waals surface area contributed by atoms with E-state index in [0.717, 1.165) is 37.3 Å². The molecule has 7 heteroatoms. The molecule has 0 bridgehead atoms. The lowest BCUT2D eigenvalue weighted by atomic mass is 10.3. The minimum absolute atomic E-state index is 0.279. The summed E-state index contributed by atoms with van der Waals surface area (Å²) in [6.07, 6.45) is 3.98. The van der Waals surface area contributed by atoms with Crippen LogP contribution in [-0.4, -0.2) is 29.0 Å². The lowest BCUT2D eigenvalue weighted by molar-refractivity contribution is 0.102. The number of hydrogen-bond acceptors (Lipinski definition) is 6. The van der Waals surface area contributed by atoms with Crippen LogP contribution >= 0.6 is 11.3 Å². The van der Waals surface area contributed by atoms with Gasteiger partial charge in [-0.15, -0.1) is 11.3 Å². The fourth-order valence-corrected chi connectivity index (χ4v) is 3.58. The number of amides is 1. The zero-order chi connectivity index (χ0) is 19.8. The van der Waals surface area contributed by atoms with Crippen LogP contribution in [0.25, 0.3) is 0 Å². The summed E-state index contributed by atoms with van der Waals surface area (Å²) in [5.41, 5.74) is 4.00. The first-order valence-corrected chi connectivity index (χ1v) is 10.4. The van der Waals surface area contributed by atoms with Crippen molar-refractivity contribution in [3.05, 3.63) is 59.9 Å². The highest BCUT2D eigenvalue weighted by atomic mass is 32.1. The van der Waals surface area contributed by atoms with Crippen molar-refractivity contribution in [3.8, 4) is 0 Å². The van der Waals surface area contributed by atoms with Crippen LogP contribution in [0.15, 0.2) is 54.2 Å². The van der Waals surface area contributed by atoms with E-state index >= 15 is 0 Å². The molecule has 28 heavy (non-hydrogen) atoms. The Kier molecular flexibility index (Phi) is 6.97. The molecule has 0 aliphatic rings. The Morgan fingerprint density at radius 2 is 1.79 bits per heavy atom. The van der Waals surface area contributed by atoms with Crippen molar-refractivity contribution in [1.82, 2.24) is 9.97 Å². The highest BCUT2D eigenvalue weighted by molar-refractivity contribution is 7.14. The van der Waals surface area contributed by atoms with Crippen molar-refractivity contribution < 1.29 is 4.79 Å². The smallest absolute Gasteiger partial charge is 0.278 e. The van der Waals surface area contributed by atoms with Gasteiger partial charge in [-0.2, -0.15) is 0 Å². The standard InChI is InChI=1S/C21H25N5OS/c1-3-12-26(13-4-2)17-10-11-18(22-14-17)25-20(27)19-21(28-15-23-19)24-16-8-6-5-7-9-16/h5-11,14-15,24H,3-4,12-13H2,1-2H3,(H,22,25,27). The van der Waals surface area contributed by atoms with Gasteiger partial charge < -0.3 is 15.5 Å². The van der Waals surface area contributed by atoms with E-state index in [0.29, 0.717) is 16.5 Å². The number of para-hydroxylation sites is 1. The van der Waals surface area contributed by atoms with Crippen LogP contribution in [-0.2, 0) is 0 Å². The average Bonchev–Trinajstić information content (AvgIpc) is 3.17. The van der Waals surface area contributed by atoms with E-state index in [1.54, 1.807) is 5.51 Å². The second-order valence-corrected chi connectivity index (χ2v) is 7.22. The number of benzene rings is 1. The Morgan fingerprint density at radius 3 is 2.43 bits per heavy atom. The third-order valence-electron chi connectivity index (χ3n) is 4.16. The van der Waals surface area contributed by atoms with Crippen molar-refractivity contribution in [2.45, 2.75) is 26.7 Å². The molecule has 146 valence electrons. The molecule has 6 nitrogen and oxygen atoms in total. The maximum Gasteiger partial charge on any atom is 0.278 e. The molecule has 0 aliphatic carbocycles. The van der Waals surface area contributed by atoms with E-state index in [2.05, 4.69) is 39.3 Å². The molecule has 3 rings (SSSR count). The first-order chi connectivity index (χ1) is 13.7. The van der Waals surface area contributed by atoms with Gasteiger partial charge in [0, 0.05) is 18.8 Å². The Bertz CT molecular complexity index is 873. The minimum atomic E-state index is -0.279. The van der Waals surface area contributed by atoms with Crippen LogP contribution in [0.2, 0.25) is 0 Å². The monoisotopic (exact) mass is 395 g/mol. The zero-order valence-electron chi connectivity index (χ0n) is 16.2. The molecule has 0 aliphatic heterocycles. The lowest BCUT2D eigenvalue weighted by Gasteiger charge is -2.23. The van der Waals surface area contributed by atoms with E-state index in [4.69, 9.17) is 0 Å². The third-order valence-corrected chi connectivity index (χ3v) is 4.90. The second kappa shape index (κ2) is 9.85. The fourth-order valence-electron chi connectivity index (χ4n) is 2.88. The number of nitrogens with one attached hydrogen (secondary N) is 2. The van der Waals surface area contributed by atoms with Gasteiger partial charge in [0.1, 0.15) is 10.8 Å². The number of nitrogens with zero attached hydrogens (tertiary/aromatic N) is 3. The van der Waals surface area contributed by atoms with E-state index in [1.807, 2.05) is 48.7 Å². The first kappa shape index (κ1) is 19.8. The van der Waals surface area contributed by atoms with Crippen molar-refractivity contribution in [3.63, 3.8) is 0 Å². The normalized spacial score (nSPS) is 10.5.